The molecule has 242 valence electrons. The predicted octanol–water partition coefficient (Wildman–Crippen LogP) is 10.4. The molecule has 8 rings (SSSR count). The fourth-order valence-corrected chi connectivity index (χ4v) is 10.6. The fraction of sp³-hybridized carbons (Fsp3) is 0.0213. The molecular formula is C47H40P2Zr. The Bertz CT molecular complexity index is 1900. The molecule has 0 aliphatic heterocycles. The molecule has 0 aromatic heterocycles. The Morgan fingerprint density at radius 2 is 0.740 bits per heavy atom. The summed E-state index contributed by atoms with van der Waals surface area (Å²) in [4.78, 5) is 0. The Labute approximate surface area is 319 Å². The monoisotopic (exact) mass is 756 g/mol. The van der Waals surface area contributed by atoms with Gasteiger partial charge in [0, 0.05) is 0 Å². The van der Waals surface area contributed by atoms with Crippen LogP contribution in [-0.2, 0) is 26.2 Å². The van der Waals surface area contributed by atoms with Gasteiger partial charge in [0.15, 0.2) is 0 Å². The van der Waals surface area contributed by atoms with E-state index in [-0.39, 0.29) is 26.2 Å². The number of hydrogen-bond donors (Lipinski definition) is 0. The van der Waals surface area contributed by atoms with Crippen LogP contribution in [0.3, 0.4) is 0 Å². The van der Waals surface area contributed by atoms with Crippen LogP contribution in [0, 0.1) is 0 Å². The Morgan fingerprint density at radius 3 is 1.00 bits per heavy atom. The Balaban J connectivity index is 0.000000169. The summed E-state index contributed by atoms with van der Waals surface area (Å²) >= 11 is 0. The summed E-state index contributed by atoms with van der Waals surface area (Å²) in [5.74, 6) is 0. The van der Waals surface area contributed by atoms with Crippen LogP contribution in [0.5, 0.6) is 0 Å². The summed E-state index contributed by atoms with van der Waals surface area (Å²) < 4.78 is 0. The van der Waals surface area contributed by atoms with Gasteiger partial charge in [0.25, 0.3) is 0 Å². The molecule has 0 saturated heterocycles. The maximum atomic E-state index is 3.46. The number of fused-ring (bicyclic) bond motifs is 2. The van der Waals surface area contributed by atoms with Crippen LogP contribution in [0.4, 0.5) is 0 Å². The van der Waals surface area contributed by atoms with Crippen molar-refractivity contribution in [2.24, 2.45) is 0 Å². The van der Waals surface area contributed by atoms with Gasteiger partial charge in [-0.3, -0.25) is 0 Å². The van der Waals surface area contributed by atoms with Gasteiger partial charge in [-0.15, -0.1) is 80.7 Å². The first-order chi connectivity index (χ1) is 24.2. The van der Waals surface area contributed by atoms with Crippen molar-refractivity contribution in [2.45, 2.75) is 6.92 Å². The summed E-state index contributed by atoms with van der Waals surface area (Å²) in [5, 5.41) is 13.8. The van der Waals surface area contributed by atoms with Crippen molar-refractivity contribution in [2.75, 3.05) is 0 Å². The second kappa shape index (κ2) is 19.2. The first kappa shape index (κ1) is 37.0. The molecule has 0 saturated carbocycles. The molecule has 50 heavy (non-hydrogen) atoms. The van der Waals surface area contributed by atoms with E-state index in [2.05, 4.69) is 201 Å². The maximum Gasteiger partial charge on any atom is 2.00 e. The van der Waals surface area contributed by atoms with Crippen LogP contribution < -0.4 is 31.8 Å². The fourth-order valence-electron chi connectivity index (χ4n) is 5.87. The third-order valence-corrected chi connectivity index (χ3v) is 12.9. The van der Waals surface area contributed by atoms with Crippen LogP contribution in [0.15, 0.2) is 219 Å². The van der Waals surface area contributed by atoms with Gasteiger partial charge >= 0.3 is 26.2 Å². The quantitative estimate of drug-likeness (QED) is 0.0863. The second-order valence-electron chi connectivity index (χ2n) is 11.5. The van der Waals surface area contributed by atoms with Crippen LogP contribution >= 0.6 is 15.8 Å². The number of hydrogen-bond acceptors (Lipinski definition) is 0. The van der Waals surface area contributed by atoms with Gasteiger partial charge in [-0.25, -0.2) is 0 Å². The topological polar surface area (TPSA) is 0 Å². The van der Waals surface area contributed by atoms with Crippen molar-refractivity contribution in [1.29, 1.82) is 0 Å². The minimum atomic E-state index is -0.493. The Kier molecular flexibility index (Phi) is 14.2. The average Bonchev–Trinajstić information content (AvgIpc) is 3.79. The molecule has 8 aromatic rings. The van der Waals surface area contributed by atoms with Gasteiger partial charge < -0.3 is 0 Å². The predicted molar refractivity (Wildman–Crippen MR) is 222 cm³/mol. The molecule has 0 amide bonds. The zero-order valence-electron chi connectivity index (χ0n) is 28.3. The minimum absolute atomic E-state index is 0. The zero-order chi connectivity index (χ0) is 33.7. The molecule has 0 bridgehead atoms. The molecule has 0 aliphatic carbocycles. The molecule has 0 unspecified atom stereocenters. The van der Waals surface area contributed by atoms with E-state index >= 15 is 0 Å². The molecule has 0 radical (unpaired) electrons. The van der Waals surface area contributed by atoms with Crippen LogP contribution in [0.1, 0.15) is 6.92 Å². The molecule has 0 N–H and O–H groups in total. The molecule has 0 spiro atoms. The van der Waals surface area contributed by atoms with Gasteiger partial charge in [-0.1, -0.05) is 158 Å². The van der Waals surface area contributed by atoms with Gasteiger partial charge in [0.2, 0.25) is 0 Å². The van der Waals surface area contributed by atoms with Crippen molar-refractivity contribution >= 4 is 69.2 Å². The van der Waals surface area contributed by atoms with E-state index in [1.54, 1.807) is 6.08 Å². The molecule has 0 nitrogen and oxygen atoms in total. The summed E-state index contributed by atoms with van der Waals surface area (Å²) in [7, 11) is -0.986. The maximum absolute atomic E-state index is 3.46. The first-order valence-electron chi connectivity index (χ1n) is 16.6. The third kappa shape index (κ3) is 9.50. The summed E-state index contributed by atoms with van der Waals surface area (Å²) in [6.07, 6.45) is 5.58. The molecular weight excluding hydrogens is 718 g/mol. The number of rotatable bonds is 7. The molecule has 0 atom stereocenters. The van der Waals surface area contributed by atoms with E-state index in [4.69, 9.17) is 0 Å². The number of benzene rings is 6. The van der Waals surface area contributed by atoms with Gasteiger partial charge in [0.1, 0.15) is 0 Å². The average molecular weight is 758 g/mol. The second-order valence-corrected chi connectivity index (χ2v) is 15.9. The van der Waals surface area contributed by atoms with E-state index in [1.807, 2.05) is 19.1 Å². The van der Waals surface area contributed by atoms with Crippen molar-refractivity contribution < 1.29 is 26.2 Å². The van der Waals surface area contributed by atoms with E-state index in [0.29, 0.717) is 0 Å². The van der Waals surface area contributed by atoms with Crippen molar-refractivity contribution in [3.63, 3.8) is 0 Å². The summed E-state index contributed by atoms with van der Waals surface area (Å²) in [5.41, 5.74) is 0. The normalized spacial score (nSPS) is 10.7. The standard InChI is InChI=1S/2C21H16P.C5H8.Zr/c2*1-3-11-19(12-4-1)22(20-13-5-2-6-14-20)21-15-17-9-7-8-10-18(17)16-21;1-3-5-4-2;/h2*1-16H;3-5H,1H2,2H3;/q2*-1;;+2/b;;5-4+;. The van der Waals surface area contributed by atoms with Crippen molar-refractivity contribution in [3.8, 4) is 0 Å². The third-order valence-electron chi connectivity index (χ3n) is 8.11. The van der Waals surface area contributed by atoms with E-state index in [1.165, 1.54) is 53.4 Å². The molecule has 0 heterocycles. The number of allylic oxidation sites excluding steroid dienone is 3. The van der Waals surface area contributed by atoms with Gasteiger partial charge in [-0.2, -0.15) is 12.1 Å². The molecule has 8 aromatic carbocycles. The smallest absolute Gasteiger partial charge is 0.160 e. The van der Waals surface area contributed by atoms with E-state index in [9.17, 15) is 0 Å². The Morgan fingerprint density at radius 1 is 0.440 bits per heavy atom. The molecule has 0 aliphatic rings. The molecule has 3 heteroatoms. The Hall–Kier alpha value is -4.24. The largest absolute Gasteiger partial charge is 2.00 e. The van der Waals surface area contributed by atoms with Crippen LogP contribution in [0.2, 0.25) is 0 Å². The van der Waals surface area contributed by atoms with Gasteiger partial charge in [-0.05, 0) is 44.0 Å². The van der Waals surface area contributed by atoms with Crippen LogP contribution in [-0.4, -0.2) is 0 Å². The zero-order valence-corrected chi connectivity index (χ0v) is 32.6. The van der Waals surface area contributed by atoms with E-state index < -0.39 is 15.8 Å². The van der Waals surface area contributed by atoms with Crippen molar-refractivity contribution in [1.82, 2.24) is 0 Å². The SMILES string of the molecule is C=C/C=C/C.[Zr+2].c1ccc(P(c2ccccc2)c2cc3ccccc3[cH-]2)cc1.c1ccc(P(c2ccccc2)c2cc3ccccc3[cH-]2)cc1. The summed E-state index contributed by atoms with van der Waals surface area (Å²) in [6.45, 7) is 5.42. The summed E-state index contributed by atoms with van der Waals surface area (Å²) in [6, 6.07) is 70.0. The minimum Gasteiger partial charge on any atom is -0.160 e. The molecule has 0 fully saturated rings. The first-order valence-corrected chi connectivity index (χ1v) is 19.3. The van der Waals surface area contributed by atoms with E-state index in [0.717, 1.165) is 0 Å². The van der Waals surface area contributed by atoms with Gasteiger partial charge in [0.05, 0.1) is 0 Å². The van der Waals surface area contributed by atoms with Crippen molar-refractivity contribution in [3.05, 3.63) is 219 Å². The van der Waals surface area contributed by atoms with Crippen LogP contribution in [0.25, 0.3) is 21.5 Å².